The third kappa shape index (κ3) is 5.58. The Bertz CT molecular complexity index is 1580. The summed E-state index contributed by atoms with van der Waals surface area (Å²) in [7, 11) is -3.81. The van der Waals surface area contributed by atoms with Crippen LogP contribution in [0.3, 0.4) is 0 Å². The lowest BCUT2D eigenvalue weighted by molar-refractivity contribution is 0.0218. The van der Waals surface area contributed by atoms with Gasteiger partial charge in [0.2, 0.25) is 10.0 Å². The summed E-state index contributed by atoms with van der Waals surface area (Å²) in [4.78, 5) is 29.8. The van der Waals surface area contributed by atoms with Crippen molar-refractivity contribution in [2.24, 2.45) is 0 Å². The fourth-order valence-corrected chi connectivity index (χ4v) is 6.23. The fourth-order valence-electron chi connectivity index (χ4n) is 4.81. The van der Waals surface area contributed by atoms with E-state index in [-0.39, 0.29) is 17.9 Å². The number of aromatic nitrogens is 4. The van der Waals surface area contributed by atoms with Gasteiger partial charge >= 0.3 is 6.09 Å². The van der Waals surface area contributed by atoms with Gasteiger partial charge in [-0.1, -0.05) is 36.4 Å². The maximum absolute atomic E-state index is 13.7. The van der Waals surface area contributed by atoms with E-state index in [0.29, 0.717) is 47.6 Å². The number of hydrogen-bond donors (Lipinski definition) is 0. The topological polar surface area (TPSA) is 111 Å². The highest BCUT2D eigenvalue weighted by Gasteiger charge is 2.33. The quantitative estimate of drug-likeness (QED) is 0.363. The zero-order valence-corrected chi connectivity index (χ0v) is 23.3. The van der Waals surface area contributed by atoms with Gasteiger partial charge in [0.1, 0.15) is 17.7 Å². The van der Waals surface area contributed by atoms with Gasteiger partial charge < -0.3 is 14.5 Å². The molecule has 1 aliphatic heterocycles. The Hall–Kier alpha value is -3.99. The van der Waals surface area contributed by atoms with Crippen LogP contribution in [0.15, 0.2) is 67.4 Å². The predicted octanol–water partition coefficient (Wildman–Crippen LogP) is 4.32. The van der Waals surface area contributed by atoms with E-state index in [1.165, 1.54) is 10.3 Å². The number of pyridine rings is 1. The minimum atomic E-state index is -3.81. The molecule has 4 aromatic rings. The normalized spacial score (nSPS) is 16.5. The molecule has 3 aromatic heterocycles. The molecule has 1 amide bonds. The molecule has 1 saturated heterocycles. The highest BCUT2D eigenvalue weighted by molar-refractivity contribution is 7.89. The van der Waals surface area contributed by atoms with Crippen molar-refractivity contribution in [3.8, 4) is 11.1 Å². The zero-order chi connectivity index (χ0) is 27.8. The fraction of sp³-hybridized carbons (Fsp3) is 0.357. The van der Waals surface area contributed by atoms with Crippen LogP contribution in [0.5, 0.6) is 0 Å². The van der Waals surface area contributed by atoms with Crippen LogP contribution in [0.4, 0.5) is 10.6 Å². The molecule has 1 aromatic carbocycles. The maximum Gasteiger partial charge on any atom is 0.410 e. The van der Waals surface area contributed by atoms with Crippen LogP contribution in [0.1, 0.15) is 33.3 Å². The number of ether oxygens (including phenoxy) is 1. The van der Waals surface area contributed by atoms with Crippen LogP contribution >= 0.6 is 0 Å². The molecule has 5 rings (SSSR count). The number of anilines is 1. The van der Waals surface area contributed by atoms with E-state index in [2.05, 4.69) is 19.9 Å². The molecule has 4 heterocycles. The Labute approximate surface area is 228 Å². The molecular formula is C28H32N6O4S. The van der Waals surface area contributed by atoms with Crippen LogP contribution < -0.4 is 4.90 Å². The average molecular weight is 549 g/mol. The van der Waals surface area contributed by atoms with Gasteiger partial charge in [-0.3, -0.25) is 4.98 Å². The van der Waals surface area contributed by atoms with Crippen molar-refractivity contribution in [3.05, 3.63) is 72.9 Å². The smallest absolute Gasteiger partial charge is 0.410 e. The lowest BCUT2D eigenvalue weighted by Gasteiger charge is -2.41. The third-order valence-electron chi connectivity index (χ3n) is 6.55. The van der Waals surface area contributed by atoms with Gasteiger partial charge in [0.05, 0.1) is 11.1 Å². The molecule has 1 fully saturated rings. The first kappa shape index (κ1) is 26.6. The van der Waals surface area contributed by atoms with Gasteiger partial charge in [-0.2, -0.15) is 0 Å². The number of carbonyl (C=O) groups is 1. The molecule has 39 heavy (non-hydrogen) atoms. The molecule has 0 N–H and O–H groups in total. The van der Waals surface area contributed by atoms with E-state index >= 15 is 0 Å². The van der Waals surface area contributed by atoms with Crippen molar-refractivity contribution in [2.45, 2.75) is 45.1 Å². The van der Waals surface area contributed by atoms with Crippen molar-refractivity contribution in [3.63, 3.8) is 0 Å². The van der Waals surface area contributed by atoms with Crippen LogP contribution in [0.2, 0.25) is 0 Å². The first-order chi connectivity index (χ1) is 18.5. The number of hydrogen-bond acceptors (Lipinski definition) is 8. The van der Waals surface area contributed by atoms with Gasteiger partial charge in [0, 0.05) is 55.4 Å². The van der Waals surface area contributed by atoms with E-state index in [0.717, 1.165) is 5.56 Å². The van der Waals surface area contributed by atoms with Crippen molar-refractivity contribution in [1.82, 2.24) is 23.8 Å². The van der Waals surface area contributed by atoms with E-state index in [4.69, 9.17) is 4.74 Å². The van der Waals surface area contributed by atoms with Crippen molar-refractivity contribution < 1.29 is 17.9 Å². The number of nitrogens with zero attached hydrogens (tertiary/aromatic N) is 6. The summed E-state index contributed by atoms with van der Waals surface area (Å²) in [6.45, 7) is 8.93. The molecule has 1 atom stereocenters. The van der Waals surface area contributed by atoms with Crippen molar-refractivity contribution in [2.75, 3.05) is 24.5 Å². The molecule has 11 heteroatoms. The second kappa shape index (κ2) is 10.3. The molecule has 1 aliphatic rings. The summed E-state index contributed by atoms with van der Waals surface area (Å²) in [6, 6.07) is 12.7. The molecule has 0 bridgehead atoms. The highest BCUT2D eigenvalue weighted by Crippen LogP contribution is 2.37. The van der Waals surface area contributed by atoms with E-state index in [9.17, 15) is 13.2 Å². The molecule has 204 valence electrons. The molecule has 0 saturated carbocycles. The lowest BCUT2D eigenvalue weighted by atomic mass is 10.1. The molecule has 0 spiro atoms. The van der Waals surface area contributed by atoms with E-state index in [1.807, 2.05) is 58.0 Å². The monoisotopic (exact) mass is 548 g/mol. The minimum Gasteiger partial charge on any atom is -0.444 e. The lowest BCUT2D eigenvalue weighted by Crippen LogP contribution is -2.54. The van der Waals surface area contributed by atoms with Gasteiger partial charge in [-0.15, -0.1) is 0 Å². The van der Waals surface area contributed by atoms with Crippen LogP contribution in [0, 0.1) is 0 Å². The van der Waals surface area contributed by atoms with Crippen LogP contribution in [-0.4, -0.2) is 69.6 Å². The highest BCUT2D eigenvalue weighted by atomic mass is 32.2. The molecule has 10 nitrogen and oxygen atoms in total. The average Bonchev–Trinajstić information content (AvgIpc) is 3.30. The van der Waals surface area contributed by atoms with Crippen LogP contribution in [0.25, 0.3) is 22.2 Å². The van der Waals surface area contributed by atoms with Crippen molar-refractivity contribution in [1.29, 1.82) is 0 Å². The summed E-state index contributed by atoms with van der Waals surface area (Å²) in [5.74, 6) is 0.442. The third-order valence-corrected chi connectivity index (χ3v) is 8.12. The molecular weight excluding hydrogens is 516 g/mol. The molecule has 0 unspecified atom stereocenters. The number of rotatable bonds is 5. The van der Waals surface area contributed by atoms with E-state index < -0.39 is 15.6 Å². The Balaban J connectivity index is 1.57. The Kier molecular flexibility index (Phi) is 7.02. The van der Waals surface area contributed by atoms with Gasteiger partial charge in [-0.05, 0) is 39.3 Å². The Morgan fingerprint density at radius 2 is 1.85 bits per heavy atom. The standard InChI is InChI=1S/C28H32N6O4S/c1-20-16-32(27(35)38-28(2,3)4)13-14-33(20)25-24-23(22-11-8-12-29-15-22)17-34(26(24)31-19-30-25)39(36,37)18-21-9-6-5-7-10-21/h5-12,15,17,19-20H,13-14,16,18H2,1-4H3/t20-/m0/s1. The van der Waals surface area contributed by atoms with Crippen molar-refractivity contribution >= 4 is 33.0 Å². The minimum absolute atomic E-state index is 0.101. The Morgan fingerprint density at radius 1 is 1.08 bits per heavy atom. The summed E-state index contributed by atoms with van der Waals surface area (Å²) in [5, 5.41) is 0.625. The number of amides is 1. The summed E-state index contributed by atoms with van der Waals surface area (Å²) in [5.41, 5.74) is 1.84. The zero-order valence-electron chi connectivity index (χ0n) is 22.5. The summed E-state index contributed by atoms with van der Waals surface area (Å²) >= 11 is 0. The molecule has 0 radical (unpaired) electrons. The van der Waals surface area contributed by atoms with Gasteiger partial charge in [0.25, 0.3) is 0 Å². The van der Waals surface area contributed by atoms with Gasteiger partial charge in [0.15, 0.2) is 5.65 Å². The number of carbonyl (C=O) groups excluding carboxylic acids is 1. The molecule has 0 aliphatic carbocycles. The van der Waals surface area contributed by atoms with Gasteiger partial charge in [-0.25, -0.2) is 27.2 Å². The summed E-state index contributed by atoms with van der Waals surface area (Å²) in [6.07, 6.45) is 6.02. The van der Waals surface area contributed by atoms with Crippen LogP contribution in [-0.2, 0) is 20.5 Å². The SMILES string of the molecule is C[C@H]1CN(C(=O)OC(C)(C)C)CCN1c1ncnc2c1c(-c1cccnc1)cn2S(=O)(=O)Cc1ccccc1. The number of piperazine rings is 1. The Morgan fingerprint density at radius 3 is 2.51 bits per heavy atom. The predicted molar refractivity (Wildman–Crippen MR) is 150 cm³/mol. The second-order valence-electron chi connectivity index (χ2n) is 10.7. The van der Waals surface area contributed by atoms with E-state index in [1.54, 1.807) is 35.6 Å². The first-order valence-electron chi connectivity index (χ1n) is 12.8. The number of benzene rings is 1. The largest absolute Gasteiger partial charge is 0.444 e. The summed E-state index contributed by atoms with van der Waals surface area (Å²) < 4.78 is 34.1. The second-order valence-corrected chi connectivity index (χ2v) is 12.5. The maximum atomic E-state index is 13.7. The number of fused-ring (bicyclic) bond motifs is 1. The first-order valence-corrected chi connectivity index (χ1v) is 14.4.